The van der Waals surface area contributed by atoms with Gasteiger partial charge >= 0.3 is 0 Å². The predicted octanol–water partition coefficient (Wildman–Crippen LogP) is 2.07. The lowest BCUT2D eigenvalue weighted by atomic mass is 10.1. The molecule has 0 radical (unpaired) electrons. The number of nitrogens with zero attached hydrogens (tertiary/aromatic N) is 4. The van der Waals surface area contributed by atoms with Gasteiger partial charge < -0.3 is 9.42 Å². The zero-order valence-electron chi connectivity index (χ0n) is 12.2. The lowest BCUT2D eigenvalue weighted by molar-refractivity contribution is 0.0775. The van der Waals surface area contributed by atoms with Gasteiger partial charge in [0.05, 0.1) is 18.3 Å². The molecule has 2 aromatic heterocycles. The van der Waals surface area contributed by atoms with Crippen molar-refractivity contribution in [2.24, 2.45) is 5.92 Å². The number of pyridine rings is 1. The van der Waals surface area contributed by atoms with E-state index in [4.69, 9.17) is 4.52 Å². The van der Waals surface area contributed by atoms with E-state index in [1.165, 1.54) is 17.2 Å². The highest BCUT2D eigenvalue weighted by atomic mass is 19.1. The maximum Gasteiger partial charge on any atom is 0.257 e. The molecule has 6 nitrogen and oxygen atoms in total. The summed E-state index contributed by atoms with van der Waals surface area (Å²) in [5.41, 5.74) is -0.0293. The number of rotatable bonds is 5. The van der Waals surface area contributed by atoms with Crippen LogP contribution in [0.1, 0.15) is 35.9 Å². The van der Waals surface area contributed by atoms with Crippen LogP contribution in [0.2, 0.25) is 0 Å². The Balaban J connectivity index is 2.04. The normalized spacial score (nSPS) is 10.9. The fraction of sp³-hybridized carbons (Fsp3) is 0.429. The molecule has 0 saturated carbocycles. The molecular weight excluding hydrogens is 275 g/mol. The SMILES string of the molecule is CC(C)Cc1nc(CN(C)C(=O)c2ccncc2F)no1. The average Bonchev–Trinajstić information content (AvgIpc) is 2.84. The molecule has 0 aliphatic heterocycles. The van der Waals surface area contributed by atoms with Crippen LogP contribution in [-0.4, -0.2) is 33.0 Å². The van der Waals surface area contributed by atoms with E-state index in [1.807, 2.05) is 13.8 Å². The summed E-state index contributed by atoms with van der Waals surface area (Å²) in [4.78, 5) is 21.3. The number of hydrogen-bond acceptors (Lipinski definition) is 5. The number of carbonyl (C=O) groups is 1. The van der Waals surface area contributed by atoms with Crippen LogP contribution in [-0.2, 0) is 13.0 Å². The number of hydrogen-bond donors (Lipinski definition) is 0. The molecule has 21 heavy (non-hydrogen) atoms. The van der Waals surface area contributed by atoms with E-state index in [0.717, 1.165) is 6.20 Å². The third kappa shape index (κ3) is 3.84. The third-order valence-electron chi connectivity index (χ3n) is 2.82. The van der Waals surface area contributed by atoms with Crippen LogP contribution in [0.15, 0.2) is 23.0 Å². The highest BCUT2D eigenvalue weighted by molar-refractivity contribution is 5.94. The van der Waals surface area contributed by atoms with Crippen molar-refractivity contribution in [3.05, 3.63) is 41.6 Å². The van der Waals surface area contributed by atoms with E-state index in [2.05, 4.69) is 15.1 Å². The van der Waals surface area contributed by atoms with Gasteiger partial charge in [-0.15, -0.1) is 0 Å². The van der Waals surface area contributed by atoms with Crippen LogP contribution in [0.5, 0.6) is 0 Å². The van der Waals surface area contributed by atoms with Gasteiger partial charge in [-0.25, -0.2) is 4.39 Å². The van der Waals surface area contributed by atoms with Gasteiger partial charge in [-0.1, -0.05) is 19.0 Å². The maximum absolute atomic E-state index is 13.5. The van der Waals surface area contributed by atoms with Crippen molar-refractivity contribution in [2.75, 3.05) is 7.05 Å². The Morgan fingerprint density at radius 2 is 2.24 bits per heavy atom. The standard InChI is InChI=1S/C14H17FN4O2/c1-9(2)6-13-17-12(18-21-13)8-19(3)14(20)10-4-5-16-7-11(10)15/h4-5,7,9H,6,8H2,1-3H3. The van der Waals surface area contributed by atoms with Gasteiger partial charge in [-0.2, -0.15) is 4.98 Å². The summed E-state index contributed by atoms with van der Waals surface area (Å²) in [5, 5.41) is 3.82. The van der Waals surface area contributed by atoms with Crippen molar-refractivity contribution in [2.45, 2.75) is 26.8 Å². The monoisotopic (exact) mass is 292 g/mol. The first-order chi connectivity index (χ1) is 9.97. The Kier molecular flexibility index (Phi) is 4.62. The van der Waals surface area contributed by atoms with Crippen molar-refractivity contribution in [1.29, 1.82) is 0 Å². The van der Waals surface area contributed by atoms with Crippen LogP contribution in [0.3, 0.4) is 0 Å². The number of carbonyl (C=O) groups excluding carboxylic acids is 1. The summed E-state index contributed by atoms with van der Waals surface area (Å²) in [6.45, 7) is 4.25. The Labute approximate surface area is 122 Å². The molecule has 112 valence electrons. The maximum atomic E-state index is 13.5. The lowest BCUT2D eigenvalue weighted by Crippen LogP contribution is -2.27. The molecule has 2 aromatic rings. The highest BCUT2D eigenvalue weighted by Gasteiger charge is 2.18. The smallest absolute Gasteiger partial charge is 0.257 e. The molecule has 0 N–H and O–H groups in total. The molecule has 0 atom stereocenters. The first-order valence-corrected chi connectivity index (χ1v) is 6.63. The summed E-state index contributed by atoms with van der Waals surface area (Å²) in [5.74, 6) is 0.239. The van der Waals surface area contributed by atoms with E-state index in [-0.39, 0.29) is 12.1 Å². The number of aromatic nitrogens is 3. The van der Waals surface area contributed by atoms with Gasteiger partial charge in [0, 0.05) is 19.7 Å². The predicted molar refractivity (Wildman–Crippen MR) is 72.8 cm³/mol. The summed E-state index contributed by atoms with van der Waals surface area (Å²) < 4.78 is 18.6. The molecule has 0 bridgehead atoms. The second-order valence-electron chi connectivity index (χ2n) is 5.22. The topological polar surface area (TPSA) is 72.1 Å². The van der Waals surface area contributed by atoms with Crippen molar-refractivity contribution < 1.29 is 13.7 Å². The third-order valence-corrected chi connectivity index (χ3v) is 2.82. The Hall–Kier alpha value is -2.31. The fourth-order valence-corrected chi connectivity index (χ4v) is 1.82. The summed E-state index contributed by atoms with van der Waals surface area (Å²) in [6.07, 6.45) is 3.07. The van der Waals surface area contributed by atoms with E-state index >= 15 is 0 Å². The summed E-state index contributed by atoms with van der Waals surface area (Å²) >= 11 is 0. The molecule has 0 saturated heterocycles. The Morgan fingerprint density at radius 3 is 2.90 bits per heavy atom. The molecule has 0 unspecified atom stereocenters. The molecule has 0 aromatic carbocycles. The molecule has 0 aliphatic rings. The van der Waals surface area contributed by atoms with Gasteiger partial charge in [-0.3, -0.25) is 9.78 Å². The largest absolute Gasteiger partial charge is 0.339 e. The van der Waals surface area contributed by atoms with Crippen LogP contribution < -0.4 is 0 Å². The molecular formula is C14H17FN4O2. The summed E-state index contributed by atoms with van der Waals surface area (Å²) in [7, 11) is 1.56. The molecule has 1 amide bonds. The minimum Gasteiger partial charge on any atom is -0.339 e. The molecule has 2 rings (SSSR count). The second kappa shape index (κ2) is 6.43. The van der Waals surface area contributed by atoms with Crippen LogP contribution in [0, 0.1) is 11.7 Å². The molecule has 0 aliphatic carbocycles. The van der Waals surface area contributed by atoms with Gasteiger partial charge in [0.2, 0.25) is 5.89 Å². The van der Waals surface area contributed by atoms with Crippen LogP contribution >= 0.6 is 0 Å². The second-order valence-corrected chi connectivity index (χ2v) is 5.22. The van der Waals surface area contributed by atoms with Crippen LogP contribution in [0.25, 0.3) is 0 Å². The van der Waals surface area contributed by atoms with Gasteiger partial charge in [-0.05, 0) is 12.0 Å². The number of amides is 1. The zero-order chi connectivity index (χ0) is 15.4. The first-order valence-electron chi connectivity index (χ1n) is 6.63. The van der Waals surface area contributed by atoms with Gasteiger partial charge in [0.25, 0.3) is 5.91 Å². The quantitative estimate of drug-likeness (QED) is 0.843. The first kappa shape index (κ1) is 15.1. The van der Waals surface area contributed by atoms with Crippen molar-refractivity contribution >= 4 is 5.91 Å². The molecule has 2 heterocycles. The summed E-state index contributed by atoms with van der Waals surface area (Å²) in [6, 6.07) is 1.34. The Bertz CT molecular complexity index is 627. The zero-order valence-corrected chi connectivity index (χ0v) is 12.2. The number of halogens is 1. The Morgan fingerprint density at radius 1 is 1.48 bits per heavy atom. The molecule has 0 spiro atoms. The van der Waals surface area contributed by atoms with Crippen molar-refractivity contribution in [1.82, 2.24) is 20.0 Å². The molecule has 0 fully saturated rings. The van der Waals surface area contributed by atoms with E-state index < -0.39 is 11.7 Å². The van der Waals surface area contributed by atoms with Crippen molar-refractivity contribution in [3.8, 4) is 0 Å². The van der Waals surface area contributed by atoms with Crippen molar-refractivity contribution in [3.63, 3.8) is 0 Å². The van der Waals surface area contributed by atoms with Gasteiger partial charge in [0.15, 0.2) is 11.6 Å². The fourth-order valence-electron chi connectivity index (χ4n) is 1.82. The lowest BCUT2D eigenvalue weighted by Gasteiger charge is -2.15. The van der Waals surface area contributed by atoms with Gasteiger partial charge in [0.1, 0.15) is 0 Å². The molecule has 7 heteroatoms. The minimum absolute atomic E-state index is 0.0293. The minimum atomic E-state index is -0.650. The van der Waals surface area contributed by atoms with E-state index in [9.17, 15) is 9.18 Å². The van der Waals surface area contributed by atoms with E-state index in [1.54, 1.807) is 7.05 Å². The average molecular weight is 292 g/mol. The highest BCUT2D eigenvalue weighted by Crippen LogP contribution is 2.11. The van der Waals surface area contributed by atoms with E-state index in [0.29, 0.717) is 24.1 Å². The van der Waals surface area contributed by atoms with Crippen LogP contribution in [0.4, 0.5) is 4.39 Å².